The van der Waals surface area contributed by atoms with E-state index in [4.69, 9.17) is 0 Å². The lowest BCUT2D eigenvalue weighted by Crippen LogP contribution is -2.55. The summed E-state index contributed by atoms with van der Waals surface area (Å²) in [5, 5.41) is 21.8. The molecule has 136 valence electrons. The topological polar surface area (TPSA) is 52.2 Å². The molecule has 2 bridgehead atoms. The fraction of sp³-hybridized carbons (Fsp3) is 0.348. The van der Waals surface area contributed by atoms with Gasteiger partial charge in [0.2, 0.25) is 0 Å². The summed E-state index contributed by atoms with van der Waals surface area (Å²) in [7, 11) is 2.13. The van der Waals surface area contributed by atoms with E-state index in [0.29, 0.717) is 6.42 Å². The summed E-state index contributed by atoms with van der Waals surface area (Å²) < 4.78 is 2.29. The molecule has 0 spiro atoms. The number of para-hydroxylation sites is 1. The molecule has 1 fully saturated rings. The zero-order valence-electron chi connectivity index (χ0n) is 15.4. The molecule has 2 aromatic carbocycles. The number of nitrogens with zero attached hydrogens (tertiary/aromatic N) is 3. The Balaban J connectivity index is 1.67. The molecule has 3 aromatic rings. The van der Waals surface area contributed by atoms with Crippen LogP contribution in [0.4, 0.5) is 0 Å². The molecule has 5 rings (SSSR count). The van der Waals surface area contributed by atoms with Crippen LogP contribution in [0.3, 0.4) is 0 Å². The lowest BCUT2D eigenvalue weighted by molar-refractivity contribution is -0.0451. The highest BCUT2D eigenvalue weighted by atomic mass is 16.3. The van der Waals surface area contributed by atoms with Gasteiger partial charge in [0.25, 0.3) is 0 Å². The van der Waals surface area contributed by atoms with Crippen molar-refractivity contribution in [1.82, 2.24) is 9.47 Å². The Hall–Kier alpha value is -2.61. The smallest absolute Gasteiger partial charge is 0.0881 e. The molecular weight excluding hydrogens is 334 g/mol. The average Bonchev–Trinajstić information content (AvgIpc) is 2.97. The van der Waals surface area contributed by atoms with Crippen molar-refractivity contribution in [3.05, 3.63) is 71.4 Å². The van der Waals surface area contributed by atoms with E-state index in [9.17, 15) is 10.4 Å². The predicted molar refractivity (Wildman–Crippen MR) is 105 cm³/mol. The van der Waals surface area contributed by atoms with Crippen LogP contribution in [0.2, 0.25) is 0 Å². The molecule has 2 aliphatic heterocycles. The summed E-state index contributed by atoms with van der Waals surface area (Å²) in [4.78, 5) is 2.46. The van der Waals surface area contributed by atoms with Crippen LogP contribution in [0.25, 0.3) is 10.9 Å². The maximum absolute atomic E-state index is 10.7. The Morgan fingerprint density at radius 1 is 1.11 bits per heavy atom. The maximum atomic E-state index is 10.7. The quantitative estimate of drug-likeness (QED) is 0.763. The van der Waals surface area contributed by atoms with Gasteiger partial charge in [0.05, 0.1) is 24.1 Å². The molecule has 0 amide bonds. The van der Waals surface area contributed by atoms with Crippen molar-refractivity contribution in [3.8, 4) is 6.07 Å². The summed E-state index contributed by atoms with van der Waals surface area (Å²) in [6.07, 6.45) is 0.858. The standard InChI is InChI=1S/C23H23N3O/c1-25-19-10-6-5-9-16(19)17-11-20-18(13-24)22(27)12-21(23(17)25)26(20)14-15-7-3-2-4-8-15/h2-10,18,20-22,27H,11-12,14H2,1H3/t18-,20+,21+,22+/m1/s1. The minimum Gasteiger partial charge on any atom is -0.392 e. The number of piperidine rings is 1. The Labute approximate surface area is 159 Å². The minimum absolute atomic E-state index is 0.0438. The lowest BCUT2D eigenvalue weighted by Gasteiger charge is -2.50. The van der Waals surface area contributed by atoms with Crippen LogP contribution < -0.4 is 0 Å². The summed E-state index contributed by atoms with van der Waals surface area (Å²) in [5.41, 5.74) is 5.15. The third-order valence-corrected chi connectivity index (χ3v) is 6.47. The number of aliphatic hydroxyl groups is 1. The van der Waals surface area contributed by atoms with E-state index in [-0.39, 0.29) is 18.0 Å². The largest absolute Gasteiger partial charge is 0.392 e. The van der Waals surface area contributed by atoms with Crippen LogP contribution in [0.1, 0.15) is 29.3 Å². The average molecular weight is 357 g/mol. The fourth-order valence-corrected chi connectivity index (χ4v) is 5.25. The van der Waals surface area contributed by atoms with Gasteiger partial charge in [-0.3, -0.25) is 4.90 Å². The third-order valence-electron chi connectivity index (χ3n) is 6.47. The van der Waals surface area contributed by atoms with Crippen LogP contribution in [0.5, 0.6) is 0 Å². The monoisotopic (exact) mass is 357 g/mol. The second-order valence-electron chi connectivity index (χ2n) is 7.84. The van der Waals surface area contributed by atoms with Crippen LogP contribution >= 0.6 is 0 Å². The van der Waals surface area contributed by atoms with E-state index >= 15 is 0 Å². The van der Waals surface area contributed by atoms with Gasteiger partial charge in [0.15, 0.2) is 0 Å². The molecule has 1 aromatic heterocycles. The van der Waals surface area contributed by atoms with Crippen molar-refractivity contribution in [2.45, 2.75) is 37.6 Å². The van der Waals surface area contributed by atoms with Gasteiger partial charge in [0, 0.05) is 36.2 Å². The van der Waals surface area contributed by atoms with Gasteiger partial charge in [0.1, 0.15) is 0 Å². The summed E-state index contributed by atoms with van der Waals surface area (Å²) >= 11 is 0. The van der Waals surface area contributed by atoms with Gasteiger partial charge >= 0.3 is 0 Å². The molecule has 27 heavy (non-hydrogen) atoms. The number of aromatic nitrogens is 1. The molecule has 0 aliphatic carbocycles. The van der Waals surface area contributed by atoms with Crippen LogP contribution in [0.15, 0.2) is 54.6 Å². The highest BCUT2D eigenvalue weighted by Crippen LogP contribution is 2.47. The molecule has 1 saturated heterocycles. The molecule has 3 heterocycles. The van der Waals surface area contributed by atoms with Crippen molar-refractivity contribution in [2.24, 2.45) is 13.0 Å². The third kappa shape index (κ3) is 2.43. The predicted octanol–water partition coefficient (Wildman–Crippen LogP) is 3.55. The van der Waals surface area contributed by atoms with Gasteiger partial charge in [-0.2, -0.15) is 5.26 Å². The molecule has 4 heteroatoms. The summed E-state index contributed by atoms with van der Waals surface area (Å²) in [6, 6.07) is 21.6. The molecule has 0 saturated carbocycles. The Bertz CT molecular complexity index is 1030. The van der Waals surface area contributed by atoms with E-state index < -0.39 is 6.10 Å². The Kier molecular flexibility index (Phi) is 3.82. The second-order valence-corrected chi connectivity index (χ2v) is 7.84. The lowest BCUT2D eigenvalue weighted by atomic mass is 9.75. The number of benzene rings is 2. The zero-order chi connectivity index (χ0) is 18.5. The van der Waals surface area contributed by atoms with Gasteiger partial charge in [-0.05, 0) is 30.0 Å². The molecule has 1 N–H and O–H groups in total. The van der Waals surface area contributed by atoms with E-state index in [2.05, 4.69) is 71.1 Å². The van der Waals surface area contributed by atoms with E-state index in [1.54, 1.807) is 0 Å². The van der Waals surface area contributed by atoms with Gasteiger partial charge in [-0.15, -0.1) is 0 Å². The first-order chi connectivity index (χ1) is 13.2. The van der Waals surface area contributed by atoms with E-state index in [1.807, 2.05) is 6.07 Å². The van der Waals surface area contributed by atoms with Crippen LogP contribution in [0, 0.1) is 17.2 Å². The first kappa shape index (κ1) is 16.6. The molecule has 0 unspecified atom stereocenters. The first-order valence-corrected chi connectivity index (χ1v) is 9.62. The van der Waals surface area contributed by atoms with Gasteiger partial charge in [-0.1, -0.05) is 48.5 Å². The molecule has 2 aliphatic rings. The van der Waals surface area contributed by atoms with Crippen molar-refractivity contribution < 1.29 is 5.11 Å². The zero-order valence-corrected chi connectivity index (χ0v) is 15.4. The minimum atomic E-state index is -0.566. The maximum Gasteiger partial charge on any atom is 0.0881 e. The number of rotatable bonds is 2. The molecule has 4 nitrogen and oxygen atoms in total. The van der Waals surface area contributed by atoms with Gasteiger partial charge < -0.3 is 9.67 Å². The Morgan fingerprint density at radius 2 is 1.85 bits per heavy atom. The fourth-order valence-electron chi connectivity index (χ4n) is 5.25. The number of aliphatic hydroxyl groups excluding tert-OH is 1. The number of aryl methyl sites for hydroxylation is 1. The van der Waals surface area contributed by atoms with Crippen LogP contribution in [-0.4, -0.2) is 26.7 Å². The second kappa shape index (κ2) is 6.23. The number of hydrogen-bond donors (Lipinski definition) is 1. The molecule has 4 atom stereocenters. The van der Waals surface area contributed by atoms with Crippen molar-refractivity contribution in [1.29, 1.82) is 5.26 Å². The molecule has 0 radical (unpaired) electrons. The molecular formula is C23H23N3O. The summed E-state index contributed by atoms with van der Waals surface area (Å²) in [5.74, 6) is -0.350. The van der Waals surface area contributed by atoms with Crippen LogP contribution in [-0.2, 0) is 20.0 Å². The van der Waals surface area contributed by atoms with E-state index in [1.165, 1.54) is 27.7 Å². The van der Waals surface area contributed by atoms with Crippen molar-refractivity contribution >= 4 is 10.9 Å². The highest BCUT2D eigenvalue weighted by molar-refractivity contribution is 5.86. The first-order valence-electron chi connectivity index (χ1n) is 9.62. The normalized spacial score (nSPS) is 27.3. The SMILES string of the molecule is Cn1c2c(c3ccccc31)C[C@H]1[C@@H](C#N)[C@@H](O)C[C@@H]2N1Cc1ccccc1. The van der Waals surface area contributed by atoms with Crippen molar-refractivity contribution in [2.75, 3.05) is 0 Å². The highest BCUT2D eigenvalue weighted by Gasteiger charge is 2.48. The van der Waals surface area contributed by atoms with E-state index in [0.717, 1.165) is 13.0 Å². The number of fused-ring (bicyclic) bond motifs is 6. The number of nitriles is 1. The van der Waals surface area contributed by atoms with Crippen molar-refractivity contribution in [3.63, 3.8) is 0 Å². The Morgan fingerprint density at radius 3 is 2.63 bits per heavy atom. The number of hydrogen-bond acceptors (Lipinski definition) is 3. The summed E-state index contributed by atoms with van der Waals surface area (Å²) in [6.45, 7) is 0.808. The van der Waals surface area contributed by atoms with Gasteiger partial charge in [-0.25, -0.2) is 0 Å².